The van der Waals surface area contributed by atoms with E-state index >= 15 is 0 Å². The molecule has 1 rings (SSSR count). The Hall–Kier alpha value is -1.40. The second-order valence-electron chi connectivity index (χ2n) is 4.43. The highest BCUT2D eigenvalue weighted by Crippen LogP contribution is 2.26. The summed E-state index contributed by atoms with van der Waals surface area (Å²) in [5, 5.41) is 9.05. The zero-order valence-electron chi connectivity index (χ0n) is 9.87. The van der Waals surface area contributed by atoms with Crippen LogP contribution in [0.4, 0.5) is 4.39 Å². The van der Waals surface area contributed by atoms with Gasteiger partial charge in [-0.3, -0.25) is 0 Å². The van der Waals surface area contributed by atoms with E-state index < -0.39 is 0 Å². The van der Waals surface area contributed by atoms with Crippen LogP contribution in [-0.2, 0) is 0 Å². The quantitative estimate of drug-likeness (QED) is 0.851. The number of rotatable bonds is 3. The summed E-state index contributed by atoms with van der Waals surface area (Å²) in [6.07, 6.45) is 0. The minimum atomic E-state index is -0.357. The maximum absolute atomic E-state index is 13.1. The van der Waals surface area contributed by atoms with Crippen LogP contribution < -0.4 is 5.73 Å². The van der Waals surface area contributed by atoms with Crippen LogP contribution in [0.5, 0.6) is 0 Å². The van der Waals surface area contributed by atoms with Gasteiger partial charge >= 0.3 is 0 Å². The number of halogens is 1. The summed E-state index contributed by atoms with van der Waals surface area (Å²) in [4.78, 5) is 0. The molecule has 0 spiro atoms. The molecule has 0 aliphatic heterocycles. The van der Waals surface area contributed by atoms with Gasteiger partial charge in [0.2, 0.25) is 0 Å². The second kappa shape index (κ2) is 5.09. The van der Waals surface area contributed by atoms with Gasteiger partial charge in [-0.1, -0.05) is 26.0 Å². The fraction of sp³-hybridized carbons (Fsp3) is 0.462. The van der Waals surface area contributed by atoms with E-state index in [1.54, 1.807) is 19.1 Å². The number of nitrogens with two attached hydrogens (primary N) is 1. The van der Waals surface area contributed by atoms with Gasteiger partial charge in [-0.05, 0) is 30.0 Å². The van der Waals surface area contributed by atoms with E-state index in [-0.39, 0.29) is 23.7 Å². The Bertz CT molecular complexity index is 407. The van der Waals surface area contributed by atoms with Crippen LogP contribution >= 0.6 is 0 Å². The molecule has 1 aromatic rings. The molecule has 0 heterocycles. The molecule has 1 aromatic carbocycles. The van der Waals surface area contributed by atoms with E-state index in [9.17, 15) is 4.39 Å². The monoisotopic (exact) mass is 220 g/mol. The summed E-state index contributed by atoms with van der Waals surface area (Å²) in [5.41, 5.74) is 7.41. The van der Waals surface area contributed by atoms with Crippen LogP contribution in [-0.4, -0.2) is 0 Å². The number of aryl methyl sites for hydroxylation is 1. The Kier molecular flexibility index (Phi) is 4.03. The number of hydrogen-bond acceptors (Lipinski definition) is 2. The SMILES string of the molecule is Cc1cc(C(N)C(C#N)C(C)C)ccc1F. The summed E-state index contributed by atoms with van der Waals surface area (Å²) < 4.78 is 13.1. The van der Waals surface area contributed by atoms with Crippen molar-refractivity contribution in [3.05, 3.63) is 35.1 Å². The number of nitriles is 1. The molecule has 0 amide bonds. The topological polar surface area (TPSA) is 49.8 Å². The third-order valence-corrected chi connectivity index (χ3v) is 2.82. The van der Waals surface area contributed by atoms with E-state index in [1.807, 2.05) is 13.8 Å². The van der Waals surface area contributed by atoms with Crippen molar-refractivity contribution in [2.75, 3.05) is 0 Å². The van der Waals surface area contributed by atoms with Crippen molar-refractivity contribution in [2.45, 2.75) is 26.8 Å². The molecule has 0 radical (unpaired) electrons. The zero-order chi connectivity index (χ0) is 12.3. The standard InChI is InChI=1S/C13H17FN2/c1-8(2)11(7-15)13(16)10-4-5-12(14)9(3)6-10/h4-6,8,11,13H,16H2,1-3H3. The lowest BCUT2D eigenvalue weighted by Gasteiger charge is -2.21. The van der Waals surface area contributed by atoms with Crippen LogP contribution in [0.1, 0.15) is 31.0 Å². The Morgan fingerprint density at radius 2 is 2.00 bits per heavy atom. The Labute approximate surface area is 95.9 Å². The van der Waals surface area contributed by atoms with Gasteiger partial charge < -0.3 is 5.73 Å². The minimum absolute atomic E-state index is 0.186. The summed E-state index contributed by atoms with van der Waals surface area (Å²) in [6, 6.07) is 6.63. The first-order chi connectivity index (χ1) is 7.47. The van der Waals surface area contributed by atoms with Crippen molar-refractivity contribution in [3.8, 4) is 6.07 Å². The van der Waals surface area contributed by atoms with E-state index in [2.05, 4.69) is 6.07 Å². The highest BCUT2D eigenvalue weighted by molar-refractivity contribution is 5.27. The summed E-state index contributed by atoms with van der Waals surface area (Å²) in [6.45, 7) is 5.62. The molecular weight excluding hydrogens is 203 g/mol. The highest BCUT2D eigenvalue weighted by atomic mass is 19.1. The van der Waals surface area contributed by atoms with Crippen molar-refractivity contribution in [3.63, 3.8) is 0 Å². The Morgan fingerprint density at radius 3 is 2.44 bits per heavy atom. The Morgan fingerprint density at radius 1 is 1.38 bits per heavy atom. The lowest BCUT2D eigenvalue weighted by Crippen LogP contribution is -2.24. The van der Waals surface area contributed by atoms with Gasteiger partial charge in [0, 0.05) is 6.04 Å². The molecule has 0 saturated heterocycles. The average Bonchev–Trinajstić information content (AvgIpc) is 2.22. The molecule has 2 atom stereocenters. The largest absolute Gasteiger partial charge is 0.323 e. The van der Waals surface area contributed by atoms with Crippen molar-refractivity contribution >= 4 is 0 Å². The van der Waals surface area contributed by atoms with Crippen LogP contribution in [0.3, 0.4) is 0 Å². The molecular formula is C13H17FN2. The van der Waals surface area contributed by atoms with Crippen molar-refractivity contribution in [1.29, 1.82) is 5.26 Å². The predicted octanol–water partition coefficient (Wildman–Crippen LogP) is 2.93. The third kappa shape index (κ3) is 2.59. The first kappa shape index (κ1) is 12.7. The van der Waals surface area contributed by atoms with E-state index in [0.29, 0.717) is 5.56 Å². The third-order valence-electron chi connectivity index (χ3n) is 2.82. The zero-order valence-corrected chi connectivity index (χ0v) is 9.87. The molecule has 2 unspecified atom stereocenters. The molecule has 2 N–H and O–H groups in total. The normalized spacial score (nSPS) is 14.6. The first-order valence-corrected chi connectivity index (χ1v) is 5.38. The summed E-state index contributed by atoms with van der Waals surface area (Å²) in [5.74, 6) is -0.302. The maximum atomic E-state index is 13.1. The molecule has 3 heteroatoms. The molecule has 0 saturated carbocycles. The van der Waals surface area contributed by atoms with Crippen LogP contribution in [0.2, 0.25) is 0 Å². The lowest BCUT2D eigenvalue weighted by molar-refractivity contribution is 0.403. The number of hydrogen-bond donors (Lipinski definition) is 1. The van der Waals surface area contributed by atoms with E-state index in [1.165, 1.54) is 6.07 Å². The summed E-state index contributed by atoms with van der Waals surface area (Å²) in [7, 11) is 0. The highest BCUT2D eigenvalue weighted by Gasteiger charge is 2.22. The second-order valence-corrected chi connectivity index (χ2v) is 4.43. The van der Waals surface area contributed by atoms with Gasteiger partial charge in [-0.2, -0.15) is 5.26 Å². The number of nitrogens with zero attached hydrogens (tertiary/aromatic N) is 1. The van der Waals surface area contributed by atoms with Gasteiger partial charge in [-0.15, -0.1) is 0 Å². The fourth-order valence-electron chi connectivity index (χ4n) is 1.73. The van der Waals surface area contributed by atoms with Gasteiger partial charge in [0.25, 0.3) is 0 Å². The lowest BCUT2D eigenvalue weighted by atomic mass is 9.86. The molecule has 16 heavy (non-hydrogen) atoms. The van der Waals surface area contributed by atoms with Crippen molar-refractivity contribution < 1.29 is 4.39 Å². The molecule has 0 aliphatic rings. The van der Waals surface area contributed by atoms with Gasteiger partial charge in [0.1, 0.15) is 5.82 Å². The van der Waals surface area contributed by atoms with Gasteiger partial charge in [-0.25, -0.2) is 4.39 Å². The minimum Gasteiger partial charge on any atom is -0.323 e. The van der Waals surface area contributed by atoms with Gasteiger partial charge in [0.15, 0.2) is 0 Å². The molecule has 0 aliphatic carbocycles. The smallest absolute Gasteiger partial charge is 0.126 e. The molecule has 0 bridgehead atoms. The Balaban J connectivity index is 3.00. The maximum Gasteiger partial charge on any atom is 0.126 e. The first-order valence-electron chi connectivity index (χ1n) is 5.38. The average molecular weight is 220 g/mol. The molecule has 86 valence electrons. The molecule has 2 nitrogen and oxygen atoms in total. The van der Waals surface area contributed by atoms with Crippen LogP contribution in [0.25, 0.3) is 0 Å². The van der Waals surface area contributed by atoms with E-state index in [4.69, 9.17) is 11.0 Å². The van der Waals surface area contributed by atoms with Crippen LogP contribution in [0, 0.1) is 35.9 Å². The van der Waals surface area contributed by atoms with Crippen molar-refractivity contribution in [1.82, 2.24) is 0 Å². The van der Waals surface area contributed by atoms with Gasteiger partial charge in [0.05, 0.1) is 12.0 Å². The van der Waals surface area contributed by atoms with Crippen LogP contribution in [0.15, 0.2) is 18.2 Å². The molecule has 0 aromatic heterocycles. The molecule has 0 fully saturated rings. The van der Waals surface area contributed by atoms with Crippen molar-refractivity contribution in [2.24, 2.45) is 17.6 Å². The number of benzene rings is 1. The predicted molar refractivity (Wildman–Crippen MR) is 62.0 cm³/mol. The fourth-order valence-corrected chi connectivity index (χ4v) is 1.73. The van der Waals surface area contributed by atoms with E-state index in [0.717, 1.165) is 5.56 Å². The summed E-state index contributed by atoms with van der Waals surface area (Å²) >= 11 is 0.